The average Bonchev–Trinajstić information content (AvgIpc) is 3.07. The molecular weight excluding hydrogens is 328 g/mol. The van der Waals surface area contributed by atoms with Crippen LogP contribution in [-0.2, 0) is 0 Å². The molecular formula is C21H24N2OS. The van der Waals surface area contributed by atoms with E-state index in [-0.39, 0.29) is 5.91 Å². The van der Waals surface area contributed by atoms with Crippen molar-refractivity contribution in [3.8, 4) is 10.6 Å². The molecule has 3 aromatic rings. The maximum absolute atomic E-state index is 12.7. The molecule has 0 atom stereocenters. The summed E-state index contributed by atoms with van der Waals surface area (Å²) in [5.74, 6) is -0.00961. The second kappa shape index (κ2) is 8.26. The molecule has 130 valence electrons. The normalized spacial score (nSPS) is 11.0. The van der Waals surface area contributed by atoms with E-state index in [1.165, 1.54) is 17.7 Å². The Labute approximate surface area is 153 Å². The lowest BCUT2D eigenvalue weighted by Crippen LogP contribution is -2.24. The molecule has 2 aromatic heterocycles. The van der Waals surface area contributed by atoms with Gasteiger partial charge in [0.15, 0.2) is 0 Å². The van der Waals surface area contributed by atoms with Crippen LogP contribution < -0.4 is 5.32 Å². The molecule has 2 heterocycles. The molecule has 1 amide bonds. The van der Waals surface area contributed by atoms with Crippen LogP contribution in [0.25, 0.3) is 21.5 Å². The third-order valence-corrected chi connectivity index (χ3v) is 5.29. The van der Waals surface area contributed by atoms with Crippen molar-refractivity contribution in [3.63, 3.8) is 0 Å². The summed E-state index contributed by atoms with van der Waals surface area (Å²) in [6.07, 6.45) is 4.61. The Hall–Kier alpha value is -2.20. The van der Waals surface area contributed by atoms with E-state index < -0.39 is 0 Å². The molecule has 3 nitrogen and oxygen atoms in total. The second-order valence-electron chi connectivity index (χ2n) is 6.30. The van der Waals surface area contributed by atoms with Gasteiger partial charge in [-0.05, 0) is 37.6 Å². The molecule has 0 aliphatic rings. The summed E-state index contributed by atoms with van der Waals surface area (Å²) in [5, 5.41) is 3.98. The zero-order chi connectivity index (χ0) is 17.6. The third-order valence-electron chi connectivity index (χ3n) is 4.27. The van der Waals surface area contributed by atoms with Crippen molar-refractivity contribution in [2.75, 3.05) is 6.54 Å². The fourth-order valence-electron chi connectivity index (χ4n) is 2.91. The van der Waals surface area contributed by atoms with Crippen molar-refractivity contribution in [1.82, 2.24) is 10.3 Å². The van der Waals surface area contributed by atoms with E-state index in [0.717, 1.165) is 40.9 Å². The molecule has 0 saturated carbocycles. The smallest absolute Gasteiger partial charge is 0.252 e. The molecule has 4 heteroatoms. The Bertz CT molecular complexity index is 869. The van der Waals surface area contributed by atoms with Gasteiger partial charge in [-0.1, -0.05) is 44.4 Å². The van der Waals surface area contributed by atoms with Crippen LogP contribution >= 0.6 is 11.3 Å². The minimum absolute atomic E-state index is 0.00961. The Morgan fingerprint density at radius 3 is 2.72 bits per heavy atom. The van der Waals surface area contributed by atoms with Gasteiger partial charge in [-0.25, -0.2) is 4.98 Å². The fourth-order valence-corrected chi connectivity index (χ4v) is 3.74. The fraction of sp³-hybridized carbons (Fsp3) is 0.333. The number of para-hydroxylation sites is 1. The number of fused-ring (bicyclic) bond motifs is 1. The quantitative estimate of drug-likeness (QED) is 0.564. The number of hydrogen-bond donors (Lipinski definition) is 1. The van der Waals surface area contributed by atoms with Gasteiger partial charge in [-0.3, -0.25) is 4.79 Å². The number of carbonyl (C=O) groups excluding carboxylic acids is 1. The number of thiophene rings is 1. The molecule has 25 heavy (non-hydrogen) atoms. The largest absolute Gasteiger partial charge is 0.352 e. The highest BCUT2D eigenvalue weighted by Gasteiger charge is 2.14. The van der Waals surface area contributed by atoms with Crippen LogP contribution in [0.15, 0.2) is 42.5 Å². The highest BCUT2D eigenvalue weighted by Crippen LogP contribution is 2.29. The molecule has 3 rings (SSSR count). The lowest BCUT2D eigenvalue weighted by molar-refractivity contribution is 0.0954. The van der Waals surface area contributed by atoms with E-state index in [0.29, 0.717) is 5.56 Å². The highest BCUT2D eigenvalue weighted by molar-refractivity contribution is 7.15. The van der Waals surface area contributed by atoms with Crippen LogP contribution in [0.3, 0.4) is 0 Å². The lowest BCUT2D eigenvalue weighted by atomic mass is 10.1. The van der Waals surface area contributed by atoms with Crippen LogP contribution in [0.4, 0.5) is 0 Å². The second-order valence-corrected chi connectivity index (χ2v) is 7.59. The summed E-state index contributed by atoms with van der Waals surface area (Å²) in [6, 6.07) is 13.9. The monoisotopic (exact) mass is 352 g/mol. The van der Waals surface area contributed by atoms with Crippen LogP contribution in [0.5, 0.6) is 0 Å². The van der Waals surface area contributed by atoms with Gasteiger partial charge in [0.1, 0.15) is 0 Å². The van der Waals surface area contributed by atoms with Crippen molar-refractivity contribution >= 4 is 28.1 Å². The Kier molecular flexibility index (Phi) is 5.82. The van der Waals surface area contributed by atoms with E-state index in [9.17, 15) is 4.79 Å². The van der Waals surface area contributed by atoms with E-state index in [1.807, 2.05) is 30.3 Å². The average molecular weight is 353 g/mol. The number of pyridine rings is 1. The van der Waals surface area contributed by atoms with Crippen LogP contribution in [-0.4, -0.2) is 17.4 Å². The van der Waals surface area contributed by atoms with Gasteiger partial charge in [0.05, 0.1) is 21.7 Å². The number of unbranched alkanes of at least 4 members (excludes halogenated alkanes) is 3. The van der Waals surface area contributed by atoms with Crippen molar-refractivity contribution < 1.29 is 4.79 Å². The zero-order valence-corrected chi connectivity index (χ0v) is 15.7. The summed E-state index contributed by atoms with van der Waals surface area (Å²) < 4.78 is 0. The molecule has 0 radical (unpaired) electrons. The Morgan fingerprint density at radius 2 is 1.96 bits per heavy atom. The molecule has 0 fully saturated rings. The van der Waals surface area contributed by atoms with Gasteiger partial charge < -0.3 is 5.32 Å². The first-order chi connectivity index (χ1) is 12.2. The predicted molar refractivity (Wildman–Crippen MR) is 106 cm³/mol. The summed E-state index contributed by atoms with van der Waals surface area (Å²) >= 11 is 1.70. The molecule has 0 aliphatic carbocycles. The Morgan fingerprint density at radius 1 is 1.12 bits per heavy atom. The molecule has 0 saturated heterocycles. The topological polar surface area (TPSA) is 42.0 Å². The first-order valence-corrected chi connectivity index (χ1v) is 9.75. The number of aryl methyl sites for hydroxylation is 1. The SMILES string of the molecule is CCCCCCNC(=O)c1cc(-c2ccc(C)s2)nc2ccccc12. The van der Waals surface area contributed by atoms with Crippen molar-refractivity contribution in [3.05, 3.63) is 52.9 Å². The number of nitrogens with one attached hydrogen (secondary N) is 1. The van der Waals surface area contributed by atoms with E-state index in [2.05, 4.69) is 31.3 Å². The summed E-state index contributed by atoms with van der Waals surface area (Å²) in [4.78, 5) is 19.8. The first kappa shape index (κ1) is 17.6. The van der Waals surface area contributed by atoms with Gasteiger partial charge >= 0.3 is 0 Å². The third kappa shape index (κ3) is 4.26. The molecule has 0 spiro atoms. The molecule has 0 bridgehead atoms. The summed E-state index contributed by atoms with van der Waals surface area (Å²) in [5.41, 5.74) is 2.44. The number of hydrogen-bond acceptors (Lipinski definition) is 3. The number of rotatable bonds is 7. The van der Waals surface area contributed by atoms with Crippen LogP contribution in [0.1, 0.15) is 47.8 Å². The Balaban J connectivity index is 1.88. The number of amides is 1. The summed E-state index contributed by atoms with van der Waals surface area (Å²) in [7, 11) is 0. The van der Waals surface area contributed by atoms with Crippen LogP contribution in [0, 0.1) is 6.92 Å². The molecule has 0 unspecified atom stereocenters. The maximum atomic E-state index is 12.7. The summed E-state index contributed by atoms with van der Waals surface area (Å²) in [6.45, 7) is 5.00. The van der Waals surface area contributed by atoms with Gasteiger partial charge in [0.2, 0.25) is 0 Å². The molecule has 1 aromatic carbocycles. The number of aromatic nitrogens is 1. The number of benzene rings is 1. The van der Waals surface area contributed by atoms with Gasteiger partial charge in [0.25, 0.3) is 5.91 Å². The van der Waals surface area contributed by atoms with E-state index in [1.54, 1.807) is 11.3 Å². The van der Waals surface area contributed by atoms with Crippen molar-refractivity contribution in [2.24, 2.45) is 0 Å². The predicted octanol–water partition coefficient (Wildman–Crippen LogP) is 5.58. The number of carbonyl (C=O) groups is 1. The van der Waals surface area contributed by atoms with Gasteiger partial charge in [0, 0.05) is 16.8 Å². The standard InChI is InChI=1S/C21H24N2OS/c1-3-4-5-8-13-22-21(24)17-14-19(20-12-11-15(2)25-20)23-18-10-7-6-9-16(17)18/h6-7,9-12,14H,3-5,8,13H2,1-2H3,(H,22,24). The molecule has 1 N–H and O–H groups in total. The zero-order valence-electron chi connectivity index (χ0n) is 14.8. The van der Waals surface area contributed by atoms with Crippen LogP contribution in [0.2, 0.25) is 0 Å². The number of nitrogens with zero attached hydrogens (tertiary/aromatic N) is 1. The van der Waals surface area contributed by atoms with Crippen molar-refractivity contribution in [2.45, 2.75) is 39.5 Å². The van der Waals surface area contributed by atoms with E-state index >= 15 is 0 Å². The first-order valence-electron chi connectivity index (χ1n) is 8.94. The highest BCUT2D eigenvalue weighted by atomic mass is 32.1. The lowest BCUT2D eigenvalue weighted by Gasteiger charge is -2.10. The minimum Gasteiger partial charge on any atom is -0.352 e. The maximum Gasteiger partial charge on any atom is 0.252 e. The minimum atomic E-state index is -0.00961. The van der Waals surface area contributed by atoms with Gasteiger partial charge in [-0.2, -0.15) is 0 Å². The van der Waals surface area contributed by atoms with Gasteiger partial charge in [-0.15, -0.1) is 11.3 Å². The van der Waals surface area contributed by atoms with E-state index in [4.69, 9.17) is 4.98 Å². The van der Waals surface area contributed by atoms with Crippen molar-refractivity contribution in [1.29, 1.82) is 0 Å². The molecule has 0 aliphatic heterocycles.